The summed E-state index contributed by atoms with van der Waals surface area (Å²) in [6, 6.07) is 1.00. The van der Waals surface area contributed by atoms with Crippen LogP contribution in [-0.2, 0) is 9.47 Å². The van der Waals surface area contributed by atoms with Gasteiger partial charge in [0.25, 0.3) is 0 Å². The quantitative estimate of drug-likeness (QED) is 0.747. The Bertz CT molecular complexity index is 544. The van der Waals surface area contributed by atoms with Gasteiger partial charge in [0, 0.05) is 7.11 Å². The maximum atomic E-state index is 13.4. The Morgan fingerprint density at radius 2 is 1.95 bits per heavy atom. The summed E-state index contributed by atoms with van der Waals surface area (Å²) < 4.78 is 24.6. The third-order valence-corrected chi connectivity index (χ3v) is 3.83. The Morgan fingerprint density at radius 3 is 2.41 bits per heavy atom. The molecule has 5 nitrogen and oxygen atoms in total. The molecular weight excluding hydrogens is 402 g/mol. The predicted octanol–water partition coefficient (Wildman–Crippen LogP) is 3.82. The van der Waals surface area contributed by atoms with E-state index in [1.807, 2.05) is 36.4 Å². The number of methoxy groups -OCH3 is 1. The van der Waals surface area contributed by atoms with Crippen LogP contribution >= 0.6 is 22.6 Å². The molecule has 0 saturated carbocycles. The van der Waals surface area contributed by atoms with Crippen LogP contribution in [-0.4, -0.2) is 29.4 Å². The molecule has 1 amide bonds. The van der Waals surface area contributed by atoms with Gasteiger partial charge >= 0.3 is 6.09 Å². The third-order valence-electron chi connectivity index (χ3n) is 3.01. The lowest BCUT2D eigenvalue weighted by molar-refractivity contribution is -0.0182. The van der Waals surface area contributed by atoms with Crippen molar-refractivity contribution >= 4 is 28.7 Å². The number of amides is 1. The van der Waals surface area contributed by atoms with E-state index < -0.39 is 29.2 Å². The molecule has 1 aromatic rings. The monoisotopic (exact) mass is 424 g/mol. The summed E-state index contributed by atoms with van der Waals surface area (Å²) in [4.78, 5) is 16.1. The van der Waals surface area contributed by atoms with Gasteiger partial charge in [0.1, 0.15) is 11.6 Å². The van der Waals surface area contributed by atoms with Crippen LogP contribution in [0.1, 0.15) is 46.4 Å². The van der Waals surface area contributed by atoms with E-state index in [1.165, 1.54) is 7.11 Å². The molecular formula is C15H22FIN2O3. The molecule has 22 heavy (non-hydrogen) atoms. The number of nitrogens with zero attached hydrogens (tertiary/aromatic N) is 1. The maximum Gasteiger partial charge on any atom is 0.408 e. The summed E-state index contributed by atoms with van der Waals surface area (Å²) in [5, 5.41) is 2.75. The molecule has 0 saturated heterocycles. The Morgan fingerprint density at radius 1 is 1.36 bits per heavy atom. The number of hydrogen-bond donors (Lipinski definition) is 1. The number of ether oxygens (including phenoxy) is 2. The van der Waals surface area contributed by atoms with Gasteiger partial charge < -0.3 is 14.8 Å². The van der Waals surface area contributed by atoms with Crippen LogP contribution in [0, 0.1) is 9.39 Å². The van der Waals surface area contributed by atoms with Crippen molar-refractivity contribution in [1.29, 1.82) is 0 Å². The first kappa shape index (κ1) is 19.1. The van der Waals surface area contributed by atoms with E-state index in [4.69, 9.17) is 9.47 Å². The number of rotatable bonds is 4. The number of carbonyl (C=O) groups excluding carboxylic acids is 1. The fraction of sp³-hybridized carbons (Fsp3) is 0.600. The van der Waals surface area contributed by atoms with Gasteiger partial charge in [-0.25, -0.2) is 9.18 Å². The average molecular weight is 424 g/mol. The van der Waals surface area contributed by atoms with E-state index in [9.17, 15) is 9.18 Å². The van der Waals surface area contributed by atoms with Crippen molar-refractivity contribution in [1.82, 2.24) is 10.3 Å². The SMILES string of the molecule is COC(C)(C)C(NC(=O)OC(C)(C)C)c1cc(I)c(F)cn1. The lowest BCUT2D eigenvalue weighted by Gasteiger charge is -2.34. The molecule has 124 valence electrons. The van der Waals surface area contributed by atoms with Crippen LogP contribution in [0.15, 0.2) is 12.3 Å². The number of aromatic nitrogens is 1. The van der Waals surface area contributed by atoms with E-state index >= 15 is 0 Å². The number of alkyl carbamates (subject to hydrolysis) is 1. The largest absolute Gasteiger partial charge is 0.444 e. The van der Waals surface area contributed by atoms with Crippen LogP contribution in [0.2, 0.25) is 0 Å². The standard InChI is InChI=1S/C15H22FIN2O3/c1-14(2,3)22-13(20)19-12(15(4,5)21-6)11-7-10(17)9(16)8-18-11/h7-8,12H,1-6H3,(H,19,20). The molecule has 0 spiro atoms. The number of nitrogens with one attached hydrogen (secondary N) is 1. The van der Waals surface area contributed by atoms with Crippen molar-refractivity contribution in [2.45, 2.75) is 51.9 Å². The Kier molecular flexibility index (Phi) is 6.14. The van der Waals surface area contributed by atoms with Crippen molar-refractivity contribution in [2.75, 3.05) is 7.11 Å². The second-order valence-corrected chi connectivity index (χ2v) is 7.57. The lowest BCUT2D eigenvalue weighted by atomic mass is 9.95. The van der Waals surface area contributed by atoms with Gasteiger partial charge in [-0.05, 0) is 63.3 Å². The van der Waals surface area contributed by atoms with Crippen LogP contribution in [0.5, 0.6) is 0 Å². The van der Waals surface area contributed by atoms with Crippen molar-refractivity contribution in [3.8, 4) is 0 Å². The Labute approximate surface area is 144 Å². The van der Waals surface area contributed by atoms with Crippen LogP contribution in [0.3, 0.4) is 0 Å². The minimum atomic E-state index is -0.745. The summed E-state index contributed by atoms with van der Waals surface area (Å²) in [6.07, 6.45) is 0.552. The molecule has 1 N–H and O–H groups in total. The summed E-state index contributed by atoms with van der Waals surface area (Å²) >= 11 is 1.88. The molecule has 1 aromatic heterocycles. The molecule has 0 aliphatic heterocycles. The highest BCUT2D eigenvalue weighted by molar-refractivity contribution is 14.1. The van der Waals surface area contributed by atoms with Crippen molar-refractivity contribution in [3.63, 3.8) is 0 Å². The molecule has 7 heteroatoms. The second-order valence-electron chi connectivity index (χ2n) is 6.41. The molecule has 0 aliphatic rings. The Hall–Kier alpha value is -0.960. The summed E-state index contributed by atoms with van der Waals surface area (Å²) in [5.41, 5.74) is -0.857. The van der Waals surface area contributed by atoms with Gasteiger partial charge in [-0.2, -0.15) is 0 Å². The zero-order chi connectivity index (χ0) is 17.1. The topological polar surface area (TPSA) is 60.5 Å². The molecule has 1 atom stereocenters. The van der Waals surface area contributed by atoms with E-state index in [0.717, 1.165) is 6.20 Å². The van der Waals surface area contributed by atoms with Crippen LogP contribution < -0.4 is 5.32 Å². The van der Waals surface area contributed by atoms with Gasteiger partial charge in [0.15, 0.2) is 5.82 Å². The number of hydrogen-bond acceptors (Lipinski definition) is 4. The number of pyridine rings is 1. The van der Waals surface area contributed by atoms with Gasteiger partial charge in [0.05, 0.1) is 21.1 Å². The molecule has 1 rings (SSSR count). The minimum absolute atomic E-state index is 0.407. The van der Waals surface area contributed by atoms with Gasteiger partial charge in [0.2, 0.25) is 0 Å². The first-order valence-electron chi connectivity index (χ1n) is 6.82. The summed E-state index contributed by atoms with van der Waals surface area (Å²) in [5.74, 6) is -0.407. The van der Waals surface area contributed by atoms with E-state index in [0.29, 0.717) is 9.26 Å². The van der Waals surface area contributed by atoms with Gasteiger partial charge in [-0.1, -0.05) is 0 Å². The molecule has 1 unspecified atom stereocenters. The third kappa shape index (κ3) is 5.35. The highest BCUT2D eigenvalue weighted by Gasteiger charge is 2.35. The normalized spacial score (nSPS) is 13.6. The molecule has 0 aromatic carbocycles. The number of carbonyl (C=O) groups is 1. The summed E-state index contributed by atoms with van der Waals surface area (Å²) in [7, 11) is 1.54. The van der Waals surface area contributed by atoms with Gasteiger partial charge in [-0.3, -0.25) is 4.98 Å². The lowest BCUT2D eigenvalue weighted by Crippen LogP contribution is -2.45. The van der Waals surface area contributed by atoms with E-state index in [-0.39, 0.29) is 0 Å². The first-order chi connectivity index (χ1) is 9.96. The smallest absolute Gasteiger partial charge is 0.408 e. The zero-order valence-electron chi connectivity index (χ0n) is 13.7. The molecule has 0 bridgehead atoms. The van der Waals surface area contributed by atoms with E-state index in [1.54, 1.807) is 26.8 Å². The van der Waals surface area contributed by atoms with Crippen molar-refractivity contribution in [2.24, 2.45) is 0 Å². The minimum Gasteiger partial charge on any atom is -0.444 e. The van der Waals surface area contributed by atoms with Crippen LogP contribution in [0.4, 0.5) is 9.18 Å². The highest BCUT2D eigenvalue weighted by Crippen LogP contribution is 2.29. The fourth-order valence-electron chi connectivity index (χ4n) is 1.73. The van der Waals surface area contributed by atoms with Gasteiger partial charge in [-0.15, -0.1) is 0 Å². The maximum absolute atomic E-state index is 13.4. The van der Waals surface area contributed by atoms with Crippen LogP contribution in [0.25, 0.3) is 0 Å². The summed E-state index contributed by atoms with van der Waals surface area (Å²) in [6.45, 7) is 8.96. The molecule has 0 aliphatic carbocycles. The average Bonchev–Trinajstić information content (AvgIpc) is 2.37. The molecule has 1 heterocycles. The fourth-order valence-corrected chi connectivity index (χ4v) is 2.19. The highest BCUT2D eigenvalue weighted by atomic mass is 127. The Balaban J connectivity index is 3.09. The molecule has 0 fully saturated rings. The van der Waals surface area contributed by atoms with E-state index in [2.05, 4.69) is 10.3 Å². The second kappa shape index (κ2) is 7.08. The number of halogens is 2. The predicted molar refractivity (Wildman–Crippen MR) is 90.1 cm³/mol. The zero-order valence-corrected chi connectivity index (χ0v) is 15.8. The molecule has 0 radical (unpaired) electrons. The first-order valence-corrected chi connectivity index (χ1v) is 7.90. The van der Waals surface area contributed by atoms with Crippen molar-refractivity contribution in [3.05, 3.63) is 27.3 Å². The van der Waals surface area contributed by atoms with Crippen molar-refractivity contribution < 1.29 is 18.7 Å².